The van der Waals surface area contributed by atoms with E-state index in [2.05, 4.69) is 16.0 Å². The molecule has 0 aliphatic carbocycles. The SMILES string of the molecule is C[C@@H](O)[C@H](NC(=O)[C@@H](N)Cc1ccc(O)cc1)C(=O)NCC(=O)N[C@@H](Cc1ccccc1)C(=O)O. The van der Waals surface area contributed by atoms with Gasteiger partial charge in [-0.2, -0.15) is 0 Å². The third-order valence-electron chi connectivity index (χ3n) is 5.13. The van der Waals surface area contributed by atoms with Crippen LogP contribution in [-0.2, 0) is 32.0 Å². The van der Waals surface area contributed by atoms with Crippen molar-refractivity contribution in [2.45, 2.75) is 44.0 Å². The molecule has 4 atom stereocenters. The number of phenols is 1. The molecule has 0 aliphatic heterocycles. The van der Waals surface area contributed by atoms with E-state index in [1.54, 1.807) is 42.5 Å². The molecule has 11 nitrogen and oxygen atoms in total. The topological polar surface area (TPSA) is 191 Å². The van der Waals surface area contributed by atoms with Crippen LogP contribution in [0, 0.1) is 0 Å². The van der Waals surface area contributed by atoms with Crippen LogP contribution in [0.3, 0.4) is 0 Å². The van der Waals surface area contributed by atoms with Crippen LogP contribution >= 0.6 is 0 Å². The van der Waals surface area contributed by atoms with E-state index in [0.29, 0.717) is 11.1 Å². The third kappa shape index (κ3) is 9.07. The van der Waals surface area contributed by atoms with Crippen molar-refractivity contribution < 1.29 is 34.5 Å². The van der Waals surface area contributed by atoms with Crippen LogP contribution in [0.15, 0.2) is 54.6 Å². The highest BCUT2D eigenvalue weighted by Crippen LogP contribution is 2.11. The number of hydrogen-bond acceptors (Lipinski definition) is 7. The van der Waals surface area contributed by atoms with Gasteiger partial charge in [0.2, 0.25) is 17.7 Å². The molecule has 188 valence electrons. The molecule has 0 fully saturated rings. The number of aliphatic hydroxyl groups is 1. The number of nitrogens with one attached hydrogen (secondary N) is 3. The Morgan fingerprint density at radius 3 is 2.06 bits per heavy atom. The lowest BCUT2D eigenvalue weighted by atomic mass is 10.0. The monoisotopic (exact) mass is 486 g/mol. The van der Waals surface area contributed by atoms with E-state index >= 15 is 0 Å². The molecule has 0 heterocycles. The maximum atomic E-state index is 12.5. The number of benzene rings is 2. The van der Waals surface area contributed by atoms with E-state index < -0.39 is 54.5 Å². The summed E-state index contributed by atoms with van der Waals surface area (Å²) in [6, 6.07) is 11.2. The fourth-order valence-corrected chi connectivity index (χ4v) is 3.22. The van der Waals surface area contributed by atoms with Crippen molar-refractivity contribution >= 4 is 23.7 Å². The molecule has 0 saturated carbocycles. The maximum Gasteiger partial charge on any atom is 0.326 e. The van der Waals surface area contributed by atoms with Gasteiger partial charge in [-0.05, 0) is 36.6 Å². The van der Waals surface area contributed by atoms with Crippen molar-refractivity contribution in [2.24, 2.45) is 5.73 Å². The first kappa shape index (κ1) is 27.3. The van der Waals surface area contributed by atoms with Crippen LogP contribution in [0.1, 0.15) is 18.1 Å². The maximum absolute atomic E-state index is 12.5. The van der Waals surface area contributed by atoms with E-state index in [-0.39, 0.29) is 18.6 Å². The van der Waals surface area contributed by atoms with E-state index in [1.165, 1.54) is 19.1 Å². The summed E-state index contributed by atoms with van der Waals surface area (Å²) < 4.78 is 0. The number of carboxylic acids is 1. The summed E-state index contributed by atoms with van der Waals surface area (Å²) >= 11 is 0. The van der Waals surface area contributed by atoms with Crippen molar-refractivity contribution in [1.82, 2.24) is 16.0 Å². The van der Waals surface area contributed by atoms with Crippen molar-refractivity contribution in [1.29, 1.82) is 0 Å². The van der Waals surface area contributed by atoms with E-state index in [4.69, 9.17) is 5.73 Å². The van der Waals surface area contributed by atoms with E-state index in [1.807, 2.05) is 0 Å². The molecule has 35 heavy (non-hydrogen) atoms. The Morgan fingerprint density at radius 2 is 1.49 bits per heavy atom. The molecule has 8 N–H and O–H groups in total. The normalized spacial score (nSPS) is 14.1. The van der Waals surface area contributed by atoms with Gasteiger partial charge in [0.25, 0.3) is 0 Å². The highest BCUT2D eigenvalue weighted by molar-refractivity contribution is 5.93. The molecular weight excluding hydrogens is 456 g/mol. The summed E-state index contributed by atoms with van der Waals surface area (Å²) in [5.41, 5.74) is 7.29. The number of rotatable bonds is 12. The van der Waals surface area contributed by atoms with Crippen molar-refractivity contribution in [3.05, 3.63) is 65.7 Å². The molecule has 2 rings (SSSR count). The van der Waals surface area contributed by atoms with Gasteiger partial charge in [0.1, 0.15) is 17.8 Å². The standard InChI is InChI=1S/C24H30N4O7/c1-14(29)21(28-22(32)18(25)11-16-7-9-17(30)10-8-16)23(33)26-13-20(31)27-19(24(34)35)12-15-5-3-2-4-6-15/h2-10,14,18-19,21,29-30H,11-13,25H2,1H3,(H,26,33)(H,27,31)(H,28,32)(H,34,35)/t14-,18+,19+,21+/m1/s1. The number of phenolic OH excluding ortho intramolecular Hbond substituents is 1. The molecule has 3 amide bonds. The van der Waals surface area contributed by atoms with Gasteiger partial charge in [0.15, 0.2) is 0 Å². The van der Waals surface area contributed by atoms with Gasteiger partial charge in [-0.1, -0.05) is 42.5 Å². The minimum atomic E-state index is -1.39. The number of amides is 3. The molecular formula is C24H30N4O7. The summed E-state index contributed by atoms with van der Waals surface area (Å²) in [6.45, 7) is 0.729. The van der Waals surface area contributed by atoms with Crippen molar-refractivity contribution in [3.8, 4) is 5.75 Å². The Hall–Kier alpha value is -3.96. The number of aromatic hydroxyl groups is 1. The second-order valence-corrected chi connectivity index (χ2v) is 8.07. The van der Waals surface area contributed by atoms with E-state index in [9.17, 15) is 34.5 Å². The van der Waals surface area contributed by atoms with Crippen LogP contribution in [0.4, 0.5) is 0 Å². The molecule has 0 aromatic heterocycles. The summed E-state index contributed by atoms with van der Waals surface area (Å²) in [5, 5.41) is 35.7. The quantitative estimate of drug-likeness (QED) is 0.200. The summed E-state index contributed by atoms with van der Waals surface area (Å²) in [5.74, 6) is -3.45. The Morgan fingerprint density at radius 1 is 0.886 bits per heavy atom. The van der Waals surface area contributed by atoms with Crippen LogP contribution in [0.5, 0.6) is 5.75 Å². The minimum absolute atomic E-state index is 0.0567. The minimum Gasteiger partial charge on any atom is -0.508 e. The summed E-state index contributed by atoms with van der Waals surface area (Å²) in [4.78, 5) is 48.7. The van der Waals surface area contributed by atoms with Gasteiger partial charge < -0.3 is 37.0 Å². The van der Waals surface area contributed by atoms with E-state index in [0.717, 1.165) is 0 Å². The van der Waals surface area contributed by atoms with Gasteiger partial charge >= 0.3 is 5.97 Å². The van der Waals surface area contributed by atoms with Crippen LogP contribution in [0.2, 0.25) is 0 Å². The zero-order chi connectivity index (χ0) is 26.0. The first-order valence-corrected chi connectivity index (χ1v) is 10.9. The second-order valence-electron chi connectivity index (χ2n) is 8.07. The highest BCUT2D eigenvalue weighted by atomic mass is 16.4. The van der Waals surface area contributed by atoms with Gasteiger partial charge in [0, 0.05) is 6.42 Å². The van der Waals surface area contributed by atoms with Crippen LogP contribution in [0.25, 0.3) is 0 Å². The smallest absolute Gasteiger partial charge is 0.326 e. The number of nitrogens with two attached hydrogens (primary N) is 1. The molecule has 0 aliphatic rings. The summed E-state index contributed by atoms with van der Waals surface area (Å²) in [6.07, 6.45) is -1.12. The Labute approximate surface area is 202 Å². The molecule has 11 heteroatoms. The number of carboxylic acid groups (broad SMARTS) is 1. The predicted octanol–water partition coefficient (Wildman–Crippen LogP) is -0.944. The van der Waals surface area contributed by atoms with Crippen LogP contribution < -0.4 is 21.7 Å². The fourth-order valence-electron chi connectivity index (χ4n) is 3.22. The number of carbonyl (C=O) groups is 4. The molecule has 0 bridgehead atoms. The van der Waals surface area contributed by atoms with Gasteiger partial charge in [-0.15, -0.1) is 0 Å². The number of carbonyl (C=O) groups excluding carboxylic acids is 3. The first-order valence-electron chi connectivity index (χ1n) is 10.9. The molecule has 2 aromatic carbocycles. The second kappa shape index (κ2) is 13.1. The fraction of sp³-hybridized carbons (Fsp3) is 0.333. The Balaban J connectivity index is 1.89. The Kier molecular flexibility index (Phi) is 10.2. The zero-order valence-corrected chi connectivity index (χ0v) is 19.2. The lowest BCUT2D eigenvalue weighted by molar-refractivity contribution is -0.141. The number of hydrogen-bond donors (Lipinski definition) is 7. The van der Waals surface area contributed by atoms with Gasteiger partial charge in [-0.25, -0.2) is 4.79 Å². The first-order chi connectivity index (χ1) is 16.6. The van der Waals surface area contributed by atoms with Gasteiger partial charge in [-0.3, -0.25) is 14.4 Å². The molecule has 2 aromatic rings. The lowest BCUT2D eigenvalue weighted by Crippen LogP contribution is -2.57. The predicted molar refractivity (Wildman–Crippen MR) is 126 cm³/mol. The highest BCUT2D eigenvalue weighted by Gasteiger charge is 2.28. The summed E-state index contributed by atoms with van der Waals surface area (Å²) in [7, 11) is 0. The zero-order valence-electron chi connectivity index (χ0n) is 19.2. The molecule has 0 unspecified atom stereocenters. The van der Waals surface area contributed by atoms with Crippen molar-refractivity contribution in [3.63, 3.8) is 0 Å². The Bertz CT molecular complexity index is 1010. The molecule has 0 radical (unpaired) electrons. The average Bonchev–Trinajstić information content (AvgIpc) is 2.82. The van der Waals surface area contributed by atoms with Crippen LogP contribution in [-0.4, -0.2) is 69.8 Å². The van der Waals surface area contributed by atoms with Gasteiger partial charge in [0.05, 0.1) is 18.7 Å². The number of aliphatic carboxylic acids is 1. The largest absolute Gasteiger partial charge is 0.508 e. The molecule has 0 saturated heterocycles. The molecule has 0 spiro atoms. The van der Waals surface area contributed by atoms with Crippen molar-refractivity contribution in [2.75, 3.05) is 6.54 Å². The number of aliphatic hydroxyl groups excluding tert-OH is 1. The lowest BCUT2D eigenvalue weighted by Gasteiger charge is -2.23. The third-order valence-corrected chi connectivity index (χ3v) is 5.13. The average molecular weight is 487 g/mol.